The van der Waals surface area contributed by atoms with E-state index < -0.39 is 0 Å². The van der Waals surface area contributed by atoms with Crippen LogP contribution in [0.2, 0.25) is 0 Å². The summed E-state index contributed by atoms with van der Waals surface area (Å²) in [7, 11) is 2.02. The van der Waals surface area contributed by atoms with Crippen molar-refractivity contribution in [3.63, 3.8) is 0 Å². The van der Waals surface area contributed by atoms with E-state index in [9.17, 15) is 0 Å². The lowest BCUT2D eigenvalue weighted by Crippen LogP contribution is -2.23. The van der Waals surface area contributed by atoms with Crippen molar-refractivity contribution in [3.05, 3.63) is 23.7 Å². The van der Waals surface area contributed by atoms with Gasteiger partial charge >= 0.3 is 0 Å². The van der Waals surface area contributed by atoms with E-state index in [2.05, 4.69) is 12.2 Å². The van der Waals surface area contributed by atoms with Gasteiger partial charge in [-0.05, 0) is 37.9 Å². The second-order valence-corrected chi connectivity index (χ2v) is 4.34. The van der Waals surface area contributed by atoms with Gasteiger partial charge in [0.1, 0.15) is 5.76 Å². The summed E-state index contributed by atoms with van der Waals surface area (Å²) in [6.07, 6.45) is 7.23. The first-order valence-corrected chi connectivity index (χ1v) is 5.52. The second-order valence-electron chi connectivity index (χ2n) is 4.34. The molecule has 0 saturated heterocycles. The average Bonchev–Trinajstić information content (AvgIpc) is 2.51. The monoisotopic (exact) mass is 193 g/mol. The summed E-state index contributed by atoms with van der Waals surface area (Å²) in [6, 6.07) is 2.45. The smallest absolute Gasteiger partial charge is 0.123 e. The summed E-state index contributed by atoms with van der Waals surface area (Å²) in [5.74, 6) is 2.04. The van der Waals surface area contributed by atoms with E-state index in [1.807, 2.05) is 13.1 Å². The number of nitrogens with one attached hydrogen (secondary N) is 1. The molecule has 1 aliphatic carbocycles. The molecule has 2 heteroatoms. The Kier molecular flexibility index (Phi) is 2.92. The Labute approximate surface area is 85.7 Å². The molecule has 1 unspecified atom stereocenters. The van der Waals surface area contributed by atoms with Crippen LogP contribution in [0.1, 0.15) is 43.0 Å². The first-order valence-electron chi connectivity index (χ1n) is 5.52. The van der Waals surface area contributed by atoms with E-state index in [1.165, 1.54) is 31.2 Å². The van der Waals surface area contributed by atoms with E-state index in [1.54, 1.807) is 6.26 Å². The van der Waals surface area contributed by atoms with E-state index in [0.717, 1.165) is 11.7 Å². The van der Waals surface area contributed by atoms with E-state index in [-0.39, 0.29) is 0 Å². The fraction of sp³-hybridized carbons (Fsp3) is 0.667. The predicted molar refractivity (Wildman–Crippen MR) is 57.2 cm³/mol. The minimum absolute atomic E-state index is 0.412. The molecular formula is C12H19NO. The molecule has 1 fully saturated rings. The van der Waals surface area contributed by atoms with Crippen molar-refractivity contribution in [2.45, 2.75) is 38.6 Å². The van der Waals surface area contributed by atoms with Gasteiger partial charge in [0, 0.05) is 0 Å². The molecule has 2 rings (SSSR count). The van der Waals surface area contributed by atoms with Gasteiger partial charge in [0.05, 0.1) is 12.3 Å². The fourth-order valence-corrected chi connectivity index (χ4v) is 2.16. The van der Waals surface area contributed by atoms with Crippen molar-refractivity contribution < 1.29 is 4.42 Å². The maximum atomic E-state index is 5.52. The third-order valence-corrected chi connectivity index (χ3v) is 3.36. The minimum atomic E-state index is 0.412. The van der Waals surface area contributed by atoms with Crippen molar-refractivity contribution >= 4 is 0 Å². The zero-order valence-electron chi connectivity index (χ0n) is 9.05. The highest BCUT2D eigenvalue weighted by Gasteiger charge is 2.24. The first kappa shape index (κ1) is 9.78. The first-order chi connectivity index (χ1) is 6.81. The van der Waals surface area contributed by atoms with Gasteiger partial charge in [0.15, 0.2) is 0 Å². The molecule has 78 valence electrons. The number of furan rings is 1. The van der Waals surface area contributed by atoms with Gasteiger partial charge in [0.25, 0.3) is 0 Å². The Morgan fingerprint density at radius 1 is 1.57 bits per heavy atom. The molecule has 0 bridgehead atoms. The van der Waals surface area contributed by atoms with Crippen LogP contribution >= 0.6 is 0 Å². The average molecular weight is 193 g/mol. The molecule has 1 atom stereocenters. The molecule has 2 nitrogen and oxygen atoms in total. The van der Waals surface area contributed by atoms with Gasteiger partial charge in [-0.1, -0.05) is 19.3 Å². The topological polar surface area (TPSA) is 25.2 Å². The van der Waals surface area contributed by atoms with Crippen LogP contribution in [-0.4, -0.2) is 7.05 Å². The van der Waals surface area contributed by atoms with Crippen LogP contribution in [0.15, 0.2) is 16.7 Å². The van der Waals surface area contributed by atoms with Crippen molar-refractivity contribution in [1.29, 1.82) is 0 Å². The predicted octanol–water partition coefficient (Wildman–Crippen LogP) is 3.04. The highest BCUT2D eigenvalue weighted by molar-refractivity contribution is 5.18. The molecule has 0 aliphatic heterocycles. The van der Waals surface area contributed by atoms with Crippen molar-refractivity contribution in [2.75, 3.05) is 7.05 Å². The lowest BCUT2D eigenvalue weighted by Gasteiger charge is -2.29. The maximum absolute atomic E-state index is 5.52. The molecule has 14 heavy (non-hydrogen) atoms. The molecule has 1 aromatic heterocycles. The van der Waals surface area contributed by atoms with Crippen LogP contribution < -0.4 is 5.32 Å². The molecule has 0 amide bonds. The van der Waals surface area contributed by atoms with Crippen LogP contribution in [0.4, 0.5) is 0 Å². The fourth-order valence-electron chi connectivity index (χ4n) is 2.16. The number of aryl methyl sites for hydroxylation is 1. The molecule has 0 aromatic carbocycles. The lowest BCUT2D eigenvalue weighted by atomic mass is 9.80. The molecule has 1 saturated carbocycles. The molecule has 1 heterocycles. The highest BCUT2D eigenvalue weighted by Crippen LogP contribution is 2.35. The Bertz CT molecular complexity index is 288. The van der Waals surface area contributed by atoms with Crippen molar-refractivity contribution in [1.82, 2.24) is 5.32 Å². The van der Waals surface area contributed by atoms with Gasteiger partial charge in [-0.2, -0.15) is 0 Å². The number of hydrogen-bond acceptors (Lipinski definition) is 2. The second kappa shape index (κ2) is 4.18. The van der Waals surface area contributed by atoms with E-state index in [4.69, 9.17) is 4.42 Å². The largest absolute Gasteiger partial charge is 0.467 e. The zero-order chi connectivity index (χ0) is 9.97. The lowest BCUT2D eigenvalue weighted by molar-refractivity contribution is 0.251. The van der Waals surface area contributed by atoms with Gasteiger partial charge < -0.3 is 9.73 Å². The Morgan fingerprint density at radius 3 is 2.79 bits per heavy atom. The normalized spacial score (nSPS) is 19.3. The summed E-state index contributed by atoms with van der Waals surface area (Å²) in [6.45, 7) is 2.12. The summed E-state index contributed by atoms with van der Waals surface area (Å²) >= 11 is 0. The maximum Gasteiger partial charge on any atom is 0.123 e. The Morgan fingerprint density at radius 2 is 2.36 bits per heavy atom. The van der Waals surface area contributed by atoms with Gasteiger partial charge in [-0.25, -0.2) is 0 Å². The van der Waals surface area contributed by atoms with Crippen LogP contribution in [0.5, 0.6) is 0 Å². The summed E-state index contributed by atoms with van der Waals surface area (Å²) < 4.78 is 5.52. The summed E-state index contributed by atoms with van der Waals surface area (Å²) in [4.78, 5) is 0. The molecule has 1 aliphatic rings. The number of rotatable bonds is 4. The van der Waals surface area contributed by atoms with Crippen LogP contribution in [0, 0.1) is 12.8 Å². The number of hydrogen-bond donors (Lipinski definition) is 1. The van der Waals surface area contributed by atoms with Gasteiger partial charge in [0.2, 0.25) is 0 Å². The Hall–Kier alpha value is -0.760. The van der Waals surface area contributed by atoms with E-state index >= 15 is 0 Å². The SMILES string of the molecule is CNC(CC1CCC1)c1occc1C. The Balaban J connectivity index is 2.01. The standard InChI is InChI=1S/C12H19NO/c1-9-6-7-14-12(9)11(13-2)8-10-4-3-5-10/h6-7,10-11,13H,3-5,8H2,1-2H3. The highest BCUT2D eigenvalue weighted by atomic mass is 16.3. The zero-order valence-corrected chi connectivity index (χ0v) is 9.05. The van der Waals surface area contributed by atoms with Crippen molar-refractivity contribution in [2.24, 2.45) is 5.92 Å². The summed E-state index contributed by atoms with van der Waals surface area (Å²) in [5.41, 5.74) is 1.27. The quantitative estimate of drug-likeness (QED) is 0.795. The van der Waals surface area contributed by atoms with Crippen LogP contribution in [0.3, 0.4) is 0 Å². The van der Waals surface area contributed by atoms with E-state index in [0.29, 0.717) is 6.04 Å². The molecule has 1 aromatic rings. The van der Waals surface area contributed by atoms with Crippen LogP contribution in [-0.2, 0) is 0 Å². The third kappa shape index (κ3) is 1.85. The third-order valence-electron chi connectivity index (χ3n) is 3.36. The molecule has 1 N–H and O–H groups in total. The minimum Gasteiger partial charge on any atom is -0.467 e. The molecule has 0 spiro atoms. The molecular weight excluding hydrogens is 174 g/mol. The van der Waals surface area contributed by atoms with Gasteiger partial charge in [-0.15, -0.1) is 0 Å². The van der Waals surface area contributed by atoms with Gasteiger partial charge in [-0.3, -0.25) is 0 Å². The molecule has 0 radical (unpaired) electrons. The van der Waals surface area contributed by atoms with Crippen LogP contribution in [0.25, 0.3) is 0 Å². The summed E-state index contributed by atoms with van der Waals surface area (Å²) in [5, 5.41) is 3.35. The van der Waals surface area contributed by atoms with Crippen molar-refractivity contribution in [3.8, 4) is 0 Å².